The normalized spacial score (nSPS) is 21.6. The Hall–Kier alpha value is 0.160. The summed E-state index contributed by atoms with van der Waals surface area (Å²) in [6, 6.07) is 0. The van der Waals surface area contributed by atoms with Gasteiger partial charge in [-0.3, -0.25) is 18.8 Å². The lowest BCUT2D eigenvalue weighted by molar-refractivity contribution is 0.0119. The van der Waals surface area contributed by atoms with Crippen molar-refractivity contribution in [2.45, 2.75) is 33.3 Å². The molecular formula is C7H16F2O6P2. The summed E-state index contributed by atoms with van der Waals surface area (Å²) < 4.78 is 53.9. The molecule has 0 heterocycles. The third-order valence-corrected chi connectivity index (χ3v) is 3.06. The van der Waals surface area contributed by atoms with Gasteiger partial charge in [-0.15, -0.1) is 8.39 Å². The van der Waals surface area contributed by atoms with Crippen LogP contribution in [0.4, 0.5) is 8.39 Å². The molecule has 0 aliphatic carbocycles. The first-order valence-electron chi connectivity index (χ1n) is 4.75. The average Bonchev–Trinajstić information content (AvgIpc) is 2.08. The van der Waals surface area contributed by atoms with Crippen molar-refractivity contribution in [3.63, 3.8) is 0 Å². The van der Waals surface area contributed by atoms with Gasteiger partial charge in [-0.2, -0.15) is 0 Å². The number of rotatable bonds is 7. The lowest BCUT2D eigenvalue weighted by Gasteiger charge is -2.32. The van der Waals surface area contributed by atoms with Crippen molar-refractivity contribution < 1.29 is 36.4 Å². The summed E-state index contributed by atoms with van der Waals surface area (Å²) in [4.78, 5) is 16.8. The quantitative estimate of drug-likeness (QED) is 0.701. The molecule has 17 heavy (non-hydrogen) atoms. The topological polar surface area (TPSA) is 93.1 Å². The fraction of sp³-hybridized carbons (Fsp3) is 1.00. The van der Waals surface area contributed by atoms with E-state index in [-0.39, 0.29) is 6.42 Å². The van der Waals surface area contributed by atoms with Crippen LogP contribution in [0.15, 0.2) is 0 Å². The van der Waals surface area contributed by atoms with Gasteiger partial charge in [0.2, 0.25) is 0 Å². The second-order valence-electron chi connectivity index (χ2n) is 4.17. The van der Waals surface area contributed by atoms with Crippen LogP contribution in [0.3, 0.4) is 0 Å². The van der Waals surface area contributed by atoms with Crippen LogP contribution >= 0.6 is 15.8 Å². The highest BCUT2D eigenvalue weighted by Crippen LogP contribution is 2.50. The zero-order valence-electron chi connectivity index (χ0n) is 9.67. The predicted octanol–water partition coefficient (Wildman–Crippen LogP) is 2.96. The van der Waals surface area contributed by atoms with Crippen molar-refractivity contribution in [2.24, 2.45) is 5.41 Å². The van der Waals surface area contributed by atoms with Crippen LogP contribution in [-0.2, 0) is 18.2 Å². The van der Waals surface area contributed by atoms with Gasteiger partial charge in [0.1, 0.15) is 0 Å². The Morgan fingerprint density at radius 3 is 2.00 bits per heavy atom. The highest BCUT2D eigenvalue weighted by Gasteiger charge is 2.37. The van der Waals surface area contributed by atoms with Gasteiger partial charge < -0.3 is 0 Å². The Morgan fingerprint density at radius 1 is 1.24 bits per heavy atom. The highest BCUT2D eigenvalue weighted by molar-refractivity contribution is 7.47. The molecule has 0 spiro atoms. The molecule has 0 aliphatic rings. The molecule has 10 heteroatoms. The van der Waals surface area contributed by atoms with Gasteiger partial charge in [-0.05, 0) is 6.42 Å². The fourth-order valence-electron chi connectivity index (χ4n) is 1.27. The monoisotopic (exact) mass is 296 g/mol. The first kappa shape index (κ1) is 17.2. The van der Waals surface area contributed by atoms with Crippen molar-refractivity contribution in [2.75, 3.05) is 6.61 Å². The van der Waals surface area contributed by atoms with E-state index in [0.29, 0.717) is 0 Å². The molecular weight excluding hydrogens is 280 g/mol. The number of hydrogen-bond acceptors (Lipinski definition) is 4. The molecule has 0 rings (SSSR count). The molecule has 3 unspecified atom stereocenters. The summed E-state index contributed by atoms with van der Waals surface area (Å²) in [5.41, 5.74) is -1.11. The van der Waals surface area contributed by atoms with E-state index in [1.165, 1.54) is 13.8 Å². The molecule has 0 aromatic carbocycles. The largest absolute Gasteiger partial charge is 0.510 e. The maximum Gasteiger partial charge on any atom is 0.510 e. The summed E-state index contributed by atoms with van der Waals surface area (Å²) in [6.45, 7) is 3.84. The molecule has 3 atom stereocenters. The Morgan fingerprint density at radius 2 is 1.71 bits per heavy atom. The van der Waals surface area contributed by atoms with Crippen LogP contribution in [0.1, 0.15) is 27.2 Å². The molecule has 0 aromatic heterocycles. The molecule has 0 fully saturated rings. The van der Waals surface area contributed by atoms with Crippen LogP contribution in [0.5, 0.6) is 0 Å². The molecule has 0 saturated carbocycles. The van der Waals surface area contributed by atoms with Gasteiger partial charge in [0.05, 0.1) is 12.7 Å². The van der Waals surface area contributed by atoms with E-state index in [9.17, 15) is 17.5 Å². The molecule has 0 radical (unpaired) electrons. The van der Waals surface area contributed by atoms with E-state index in [1.54, 1.807) is 6.92 Å². The van der Waals surface area contributed by atoms with Gasteiger partial charge >= 0.3 is 15.8 Å². The molecule has 104 valence electrons. The molecule has 0 bridgehead atoms. The summed E-state index contributed by atoms with van der Waals surface area (Å²) in [5, 5.41) is 0. The van der Waals surface area contributed by atoms with Gasteiger partial charge in [-0.25, -0.2) is 9.13 Å². The zero-order valence-corrected chi connectivity index (χ0v) is 11.5. The summed E-state index contributed by atoms with van der Waals surface area (Å²) in [6.07, 6.45) is -0.915. The average molecular weight is 296 g/mol. The summed E-state index contributed by atoms with van der Waals surface area (Å²) >= 11 is 0. The second-order valence-corrected chi connectivity index (χ2v) is 6.44. The van der Waals surface area contributed by atoms with Crippen LogP contribution in [0.25, 0.3) is 0 Å². The standard InChI is InChI=1S/C7H16F2O6P2/c1-4-6(15-17(9,12)13)7(2,3)5-14-16(8,10)11/h6H,4-5H2,1-3H3,(H,10,11)(H,12,13). The van der Waals surface area contributed by atoms with Crippen molar-refractivity contribution in [3.8, 4) is 0 Å². The maximum absolute atomic E-state index is 12.5. The van der Waals surface area contributed by atoms with Crippen LogP contribution in [-0.4, -0.2) is 22.5 Å². The zero-order chi connectivity index (χ0) is 13.9. The first-order chi connectivity index (χ1) is 7.37. The molecule has 0 aliphatic heterocycles. The van der Waals surface area contributed by atoms with Crippen molar-refractivity contribution >= 4 is 15.8 Å². The van der Waals surface area contributed by atoms with E-state index in [0.717, 1.165) is 0 Å². The van der Waals surface area contributed by atoms with E-state index in [4.69, 9.17) is 9.79 Å². The van der Waals surface area contributed by atoms with E-state index >= 15 is 0 Å². The van der Waals surface area contributed by atoms with Crippen molar-refractivity contribution in [1.82, 2.24) is 0 Å². The minimum atomic E-state index is -5.18. The van der Waals surface area contributed by atoms with Gasteiger partial charge in [0.25, 0.3) is 0 Å². The number of halogens is 2. The minimum Gasteiger partial charge on any atom is -0.299 e. The van der Waals surface area contributed by atoms with Gasteiger partial charge in [-0.1, -0.05) is 20.8 Å². The van der Waals surface area contributed by atoms with E-state index in [2.05, 4.69) is 9.05 Å². The third kappa shape index (κ3) is 7.97. The first-order valence-corrected chi connectivity index (χ1v) is 7.69. The highest BCUT2D eigenvalue weighted by atomic mass is 31.2. The minimum absolute atomic E-state index is 0.146. The van der Waals surface area contributed by atoms with Crippen molar-refractivity contribution in [3.05, 3.63) is 0 Å². The lowest BCUT2D eigenvalue weighted by Crippen LogP contribution is -2.34. The lowest BCUT2D eigenvalue weighted by atomic mass is 9.86. The Balaban J connectivity index is 4.64. The van der Waals surface area contributed by atoms with Gasteiger partial charge in [0.15, 0.2) is 0 Å². The molecule has 0 saturated heterocycles. The second kappa shape index (κ2) is 5.87. The van der Waals surface area contributed by atoms with Gasteiger partial charge in [0, 0.05) is 5.41 Å². The van der Waals surface area contributed by atoms with Crippen LogP contribution < -0.4 is 0 Å². The van der Waals surface area contributed by atoms with E-state index in [1.807, 2.05) is 0 Å². The molecule has 0 aromatic rings. The molecule has 2 N–H and O–H groups in total. The van der Waals surface area contributed by atoms with E-state index < -0.39 is 33.9 Å². The maximum atomic E-state index is 12.5. The van der Waals surface area contributed by atoms with Crippen molar-refractivity contribution in [1.29, 1.82) is 0 Å². The van der Waals surface area contributed by atoms with Crippen LogP contribution in [0, 0.1) is 5.41 Å². The Bertz CT molecular complexity index is 335. The fourth-order valence-corrected chi connectivity index (χ4v) is 2.51. The molecule has 6 nitrogen and oxygen atoms in total. The smallest absolute Gasteiger partial charge is 0.299 e. The number of hydrogen-bond donors (Lipinski definition) is 2. The Kier molecular flexibility index (Phi) is 5.92. The SMILES string of the molecule is CCC(OP(=O)(O)F)C(C)(C)COP(=O)(O)F. The summed E-state index contributed by atoms with van der Waals surface area (Å²) in [5.74, 6) is 0. The predicted molar refractivity (Wildman–Crippen MR) is 56.8 cm³/mol. The Labute approximate surface area is 98.2 Å². The van der Waals surface area contributed by atoms with Crippen LogP contribution in [0.2, 0.25) is 0 Å². The molecule has 0 amide bonds. The third-order valence-electron chi connectivity index (χ3n) is 2.10. The summed E-state index contributed by atoms with van der Waals surface area (Å²) in [7, 11) is -10.3.